The van der Waals surface area contributed by atoms with E-state index in [4.69, 9.17) is 5.11 Å². The third kappa shape index (κ3) is 4.09. The second-order valence-corrected chi connectivity index (χ2v) is 6.85. The molecule has 0 saturated carbocycles. The predicted octanol–water partition coefficient (Wildman–Crippen LogP) is 3.94. The molecule has 1 aromatic carbocycles. The molecule has 1 amide bonds. The highest BCUT2D eigenvalue weighted by atomic mass is 79.9. The molecule has 0 bridgehead atoms. The van der Waals surface area contributed by atoms with E-state index < -0.39 is 5.97 Å². The first-order valence-electron chi connectivity index (χ1n) is 5.55. The maximum atomic E-state index is 11.8. The molecule has 2 rings (SSSR count). The number of amides is 1. The number of hydrogen-bond donors (Lipinski definition) is 2. The van der Waals surface area contributed by atoms with Crippen molar-refractivity contribution in [2.24, 2.45) is 0 Å². The first kappa shape index (κ1) is 15.1. The fraction of sp³-hybridized carbons (Fsp3) is 0.0769. The van der Waals surface area contributed by atoms with Gasteiger partial charge < -0.3 is 10.4 Å². The van der Waals surface area contributed by atoms with Crippen molar-refractivity contribution in [1.82, 2.24) is 0 Å². The number of nitrogens with one attached hydrogen (secondary N) is 1. The minimum atomic E-state index is -1.04. The lowest BCUT2D eigenvalue weighted by atomic mass is 10.2. The summed E-state index contributed by atoms with van der Waals surface area (Å²) in [4.78, 5) is 22.8. The molecule has 2 aromatic rings. The minimum Gasteiger partial charge on any atom is -0.478 e. The second kappa shape index (κ2) is 6.92. The minimum absolute atomic E-state index is 0.119. The maximum absolute atomic E-state index is 11.8. The van der Waals surface area contributed by atoms with Crippen molar-refractivity contribution < 1.29 is 14.7 Å². The Balaban J connectivity index is 1.97. The second-order valence-electron chi connectivity index (χ2n) is 3.77. The molecule has 1 aromatic heterocycles. The van der Waals surface area contributed by atoms with E-state index in [0.717, 1.165) is 4.21 Å². The summed E-state index contributed by atoms with van der Waals surface area (Å²) in [5.74, 6) is -0.915. The summed E-state index contributed by atoms with van der Waals surface area (Å²) in [6, 6.07) is 8.57. The molecule has 0 spiro atoms. The maximum Gasteiger partial charge on any atom is 0.336 e. The number of carbonyl (C=O) groups is 2. The number of halogens is 1. The van der Waals surface area contributed by atoms with Gasteiger partial charge >= 0.3 is 5.97 Å². The van der Waals surface area contributed by atoms with Gasteiger partial charge in [0.2, 0.25) is 5.91 Å². The van der Waals surface area contributed by atoms with Crippen LogP contribution < -0.4 is 5.32 Å². The van der Waals surface area contributed by atoms with Gasteiger partial charge in [0.15, 0.2) is 0 Å². The quantitative estimate of drug-likeness (QED) is 0.781. The zero-order valence-electron chi connectivity index (χ0n) is 10.1. The van der Waals surface area contributed by atoms with Crippen LogP contribution in [-0.2, 0) is 4.79 Å². The van der Waals surface area contributed by atoms with Crippen LogP contribution in [0.15, 0.2) is 44.4 Å². The Morgan fingerprint density at radius 2 is 2.15 bits per heavy atom. The number of carboxylic acid groups (broad SMARTS) is 1. The van der Waals surface area contributed by atoms with E-state index in [-0.39, 0.29) is 11.5 Å². The highest BCUT2D eigenvalue weighted by molar-refractivity contribution is 9.10. The van der Waals surface area contributed by atoms with Gasteiger partial charge in [-0.05, 0) is 45.6 Å². The summed E-state index contributed by atoms with van der Waals surface area (Å²) < 4.78 is 1.55. The van der Waals surface area contributed by atoms with E-state index in [1.54, 1.807) is 23.5 Å². The van der Waals surface area contributed by atoms with E-state index in [1.165, 1.54) is 17.8 Å². The molecule has 0 aliphatic heterocycles. The third-order valence-electron chi connectivity index (χ3n) is 2.32. The lowest BCUT2D eigenvalue weighted by Crippen LogP contribution is -2.14. The molecule has 0 saturated heterocycles. The van der Waals surface area contributed by atoms with Crippen molar-refractivity contribution in [3.63, 3.8) is 0 Å². The zero-order chi connectivity index (χ0) is 14.5. The molecule has 20 heavy (non-hydrogen) atoms. The van der Waals surface area contributed by atoms with Gasteiger partial charge in [-0.25, -0.2) is 4.79 Å². The molecule has 7 heteroatoms. The van der Waals surface area contributed by atoms with Gasteiger partial charge in [-0.2, -0.15) is 0 Å². The largest absolute Gasteiger partial charge is 0.478 e. The van der Waals surface area contributed by atoms with Gasteiger partial charge in [0.25, 0.3) is 0 Å². The van der Waals surface area contributed by atoms with Crippen molar-refractivity contribution in [2.45, 2.75) is 4.21 Å². The number of benzene rings is 1. The Hall–Kier alpha value is -1.31. The molecule has 2 N–H and O–H groups in total. The monoisotopic (exact) mass is 371 g/mol. The van der Waals surface area contributed by atoms with Crippen molar-refractivity contribution in [3.05, 3.63) is 45.7 Å². The van der Waals surface area contributed by atoms with Gasteiger partial charge in [0.05, 0.1) is 15.5 Å². The van der Waals surface area contributed by atoms with Crippen LogP contribution in [0.1, 0.15) is 10.4 Å². The number of aromatic carboxylic acids is 1. The number of carboxylic acids is 1. The SMILES string of the molecule is O=C(CSc1cccs1)Nc1ccc(Br)c(C(=O)O)c1. The van der Waals surface area contributed by atoms with Crippen LogP contribution >= 0.6 is 39.0 Å². The van der Waals surface area contributed by atoms with Gasteiger partial charge in [-0.15, -0.1) is 23.1 Å². The molecule has 104 valence electrons. The Labute approximate surface area is 132 Å². The van der Waals surface area contributed by atoms with E-state index in [9.17, 15) is 9.59 Å². The summed E-state index contributed by atoms with van der Waals surface area (Å²) in [7, 11) is 0. The molecule has 0 unspecified atom stereocenters. The normalized spacial score (nSPS) is 10.2. The fourth-order valence-corrected chi connectivity index (χ4v) is 3.45. The Morgan fingerprint density at radius 1 is 1.35 bits per heavy atom. The van der Waals surface area contributed by atoms with Crippen molar-refractivity contribution in [1.29, 1.82) is 0 Å². The van der Waals surface area contributed by atoms with E-state index >= 15 is 0 Å². The van der Waals surface area contributed by atoms with Crippen molar-refractivity contribution in [2.75, 3.05) is 11.1 Å². The van der Waals surface area contributed by atoms with E-state index in [1.807, 2.05) is 17.5 Å². The molecule has 1 heterocycles. The van der Waals surface area contributed by atoms with Crippen molar-refractivity contribution in [3.8, 4) is 0 Å². The average molecular weight is 372 g/mol. The lowest BCUT2D eigenvalue weighted by Gasteiger charge is -2.06. The number of anilines is 1. The molecule has 0 atom stereocenters. The van der Waals surface area contributed by atoms with Crippen LogP contribution in [0.3, 0.4) is 0 Å². The number of hydrogen-bond acceptors (Lipinski definition) is 4. The highest BCUT2D eigenvalue weighted by Crippen LogP contribution is 2.24. The smallest absolute Gasteiger partial charge is 0.336 e. The Morgan fingerprint density at radius 3 is 2.80 bits per heavy atom. The number of rotatable bonds is 5. The molecular formula is C13H10BrNO3S2. The number of thioether (sulfide) groups is 1. The molecular weight excluding hydrogens is 362 g/mol. The lowest BCUT2D eigenvalue weighted by molar-refractivity contribution is -0.113. The van der Waals surface area contributed by atoms with Gasteiger partial charge in [0, 0.05) is 10.2 Å². The van der Waals surface area contributed by atoms with Gasteiger partial charge in [0.1, 0.15) is 0 Å². The molecule has 0 fully saturated rings. The van der Waals surface area contributed by atoms with Crippen LogP contribution in [0, 0.1) is 0 Å². The van der Waals surface area contributed by atoms with Gasteiger partial charge in [-0.1, -0.05) is 6.07 Å². The average Bonchev–Trinajstić information content (AvgIpc) is 2.91. The highest BCUT2D eigenvalue weighted by Gasteiger charge is 2.10. The van der Waals surface area contributed by atoms with Crippen LogP contribution in [0.4, 0.5) is 5.69 Å². The summed E-state index contributed by atoms with van der Waals surface area (Å²) in [6.45, 7) is 0. The van der Waals surface area contributed by atoms with Crippen LogP contribution in [0.5, 0.6) is 0 Å². The zero-order valence-corrected chi connectivity index (χ0v) is 13.3. The standard InChI is InChI=1S/C13H10BrNO3S2/c14-10-4-3-8(6-9(10)13(17)18)15-11(16)7-20-12-2-1-5-19-12/h1-6H,7H2,(H,15,16)(H,17,18). The summed E-state index contributed by atoms with van der Waals surface area (Å²) in [5, 5.41) is 13.6. The van der Waals surface area contributed by atoms with Crippen LogP contribution in [0.25, 0.3) is 0 Å². The fourth-order valence-electron chi connectivity index (χ4n) is 1.45. The van der Waals surface area contributed by atoms with Crippen molar-refractivity contribution >= 4 is 56.6 Å². The molecule has 0 aliphatic rings. The Kier molecular flexibility index (Phi) is 5.22. The Bertz CT molecular complexity index is 629. The first-order chi connectivity index (χ1) is 9.56. The molecule has 0 aliphatic carbocycles. The number of carbonyl (C=O) groups excluding carboxylic acids is 1. The molecule has 0 radical (unpaired) electrons. The van der Waals surface area contributed by atoms with E-state index in [0.29, 0.717) is 15.9 Å². The predicted molar refractivity (Wildman–Crippen MR) is 84.8 cm³/mol. The summed E-state index contributed by atoms with van der Waals surface area (Å²) in [5.41, 5.74) is 0.594. The molecule has 4 nitrogen and oxygen atoms in total. The third-order valence-corrected chi connectivity index (χ3v) is 5.14. The van der Waals surface area contributed by atoms with Gasteiger partial charge in [-0.3, -0.25) is 4.79 Å². The summed E-state index contributed by atoms with van der Waals surface area (Å²) in [6.07, 6.45) is 0. The van der Waals surface area contributed by atoms with E-state index in [2.05, 4.69) is 21.2 Å². The van der Waals surface area contributed by atoms with Crippen LogP contribution in [-0.4, -0.2) is 22.7 Å². The summed E-state index contributed by atoms with van der Waals surface area (Å²) >= 11 is 6.19. The topological polar surface area (TPSA) is 66.4 Å². The first-order valence-corrected chi connectivity index (χ1v) is 8.21. The van der Waals surface area contributed by atoms with Crippen LogP contribution in [0.2, 0.25) is 0 Å². The number of thiophene rings is 1.